The Morgan fingerprint density at radius 3 is 2.95 bits per heavy atom. The summed E-state index contributed by atoms with van der Waals surface area (Å²) in [5.41, 5.74) is 3.43. The molecule has 0 amide bonds. The topological polar surface area (TPSA) is 60.7 Å². The Morgan fingerprint density at radius 1 is 1.26 bits per heavy atom. The van der Waals surface area contributed by atoms with Crippen LogP contribution in [0.15, 0.2) is 36.5 Å². The van der Waals surface area contributed by atoms with E-state index in [4.69, 9.17) is 0 Å². The van der Waals surface area contributed by atoms with E-state index in [-0.39, 0.29) is 0 Å². The molecule has 0 saturated carbocycles. The molecule has 0 unspecified atom stereocenters. The highest BCUT2D eigenvalue weighted by molar-refractivity contribution is 5.79. The van der Waals surface area contributed by atoms with Crippen molar-refractivity contribution in [1.29, 1.82) is 0 Å². The van der Waals surface area contributed by atoms with Gasteiger partial charge in [0.15, 0.2) is 6.29 Å². The smallest absolute Gasteiger partial charge is 0.171 e. The average Bonchev–Trinajstić information content (AvgIpc) is 2.86. The number of carbonyl (C=O) groups is 1. The maximum Gasteiger partial charge on any atom is 0.171 e. The summed E-state index contributed by atoms with van der Waals surface area (Å²) < 4.78 is 1.65. The molecule has 1 aromatic carbocycles. The van der Waals surface area contributed by atoms with Gasteiger partial charge in [0.1, 0.15) is 5.69 Å². The van der Waals surface area contributed by atoms with E-state index in [0.29, 0.717) is 18.5 Å². The number of fused-ring (bicyclic) bond motifs is 1. The van der Waals surface area contributed by atoms with Crippen molar-refractivity contribution in [2.45, 2.75) is 13.5 Å². The highest BCUT2D eigenvalue weighted by Crippen LogP contribution is 2.15. The number of carbonyl (C=O) groups excluding carboxylic acids is 1. The van der Waals surface area contributed by atoms with Gasteiger partial charge in [0, 0.05) is 11.1 Å². The minimum atomic E-state index is 0.345. The molecule has 0 bridgehead atoms. The lowest BCUT2D eigenvalue weighted by Crippen LogP contribution is -2.00. The molecule has 0 spiro atoms. The van der Waals surface area contributed by atoms with Crippen LogP contribution in [0.5, 0.6) is 0 Å². The molecule has 94 valence electrons. The lowest BCUT2D eigenvalue weighted by molar-refractivity contribution is 0.111. The predicted molar refractivity (Wildman–Crippen MR) is 71.0 cm³/mol. The first kappa shape index (κ1) is 11.5. The fraction of sp³-hybridized carbons (Fsp3) is 0.143. The first-order valence-electron chi connectivity index (χ1n) is 5.96. The summed E-state index contributed by atoms with van der Waals surface area (Å²) in [6, 6.07) is 10.1. The fourth-order valence-corrected chi connectivity index (χ4v) is 2.01. The number of nitrogens with zero attached hydrogens (tertiary/aromatic N) is 4. The maximum absolute atomic E-state index is 10.6. The number of benzene rings is 1. The summed E-state index contributed by atoms with van der Waals surface area (Å²) >= 11 is 0. The van der Waals surface area contributed by atoms with Crippen molar-refractivity contribution in [2.24, 2.45) is 0 Å². The molecule has 0 radical (unpaired) electrons. The van der Waals surface area contributed by atoms with E-state index >= 15 is 0 Å². The number of aryl methyl sites for hydroxylation is 1. The average molecular weight is 252 g/mol. The summed E-state index contributed by atoms with van der Waals surface area (Å²) in [5, 5.41) is 8.73. The molecule has 5 nitrogen and oxygen atoms in total. The number of rotatable bonds is 3. The van der Waals surface area contributed by atoms with Crippen molar-refractivity contribution in [3.8, 4) is 0 Å². The van der Waals surface area contributed by atoms with Gasteiger partial charge in [-0.1, -0.05) is 17.3 Å². The van der Waals surface area contributed by atoms with E-state index in [2.05, 4.69) is 27.4 Å². The second-order valence-corrected chi connectivity index (χ2v) is 4.44. The van der Waals surface area contributed by atoms with E-state index in [0.717, 1.165) is 22.2 Å². The third kappa shape index (κ3) is 2.35. The lowest BCUT2D eigenvalue weighted by atomic mass is 10.1. The SMILES string of the molecule is Cc1ccc2cc(Cn3cc(C=O)nn3)ccc2n1. The number of aldehydes is 1. The van der Waals surface area contributed by atoms with Crippen LogP contribution in [0.1, 0.15) is 21.7 Å². The zero-order chi connectivity index (χ0) is 13.2. The molecule has 2 heterocycles. The minimum absolute atomic E-state index is 0.345. The monoisotopic (exact) mass is 252 g/mol. The number of aromatic nitrogens is 4. The molecule has 0 fully saturated rings. The van der Waals surface area contributed by atoms with Crippen molar-refractivity contribution in [3.63, 3.8) is 0 Å². The van der Waals surface area contributed by atoms with Crippen LogP contribution in [-0.2, 0) is 6.54 Å². The Hall–Kier alpha value is -2.56. The molecule has 2 aromatic heterocycles. The second-order valence-electron chi connectivity index (χ2n) is 4.44. The molecule has 3 aromatic rings. The van der Waals surface area contributed by atoms with Gasteiger partial charge in [-0.15, -0.1) is 5.10 Å². The van der Waals surface area contributed by atoms with Crippen LogP contribution in [0.4, 0.5) is 0 Å². The van der Waals surface area contributed by atoms with Crippen molar-refractivity contribution in [3.05, 3.63) is 53.5 Å². The molecule has 0 aliphatic carbocycles. The molecule has 3 rings (SSSR count). The number of hydrogen-bond donors (Lipinski definition) is 0. The maximum atomic E-state index is 10.6. The standard InChI is InChI=1S/C14H12N4O/c1-10-2-4-12-6-11(3-5-14(12)15-10)7-18-8-13(9-19)16-17-18/h2-6,8-9H,7H2,1H3. The van der Waals surface area contributed by atoms with Crippen molar-refractivity contribution < 1.29 is 4.79 Å². The highest BCUT2D eigenvalue weighted by atomic mass is 16.1. The molecule has 0 atom stereocenters. The van der Waals surface area contributed by atoms with Crippen molar-refractivity contribution in [2.75, 3.05) is 0 Å². The van der Waals surface area contributed by atoms with E-state index in [1.807, 2.05) is 25.1 Å². The van der Waals surface area contributed by atoms with Gasteiger partial charge in [0.25, 0.3) is 0 Å². The van der Waals surface area contributed by atoms with E-state index in [1.165, 1.54) is 0 Å². The van der Waals surface area contributed by atoms with E-state index in [9.17, 15) is 4.79 Å². The Labute approximate surface area is 109 Å². The van der Waals surface area contributed by atoms with Gasteiger partial charge in [-0.3, -0.25) is 9.78 Å². The largest absolute Gasteiger partial charge is 0.296 e. The third-order valence-corrected chi connectivity index (χ3v) is 2.91. The van der Waals surface area contributed by atoms with Crippen LogP contribution in [-0.4, -0.2) is 26.3 Å². The molecule has 19 heavy (non-hydrogen) atoms. The number of hydrogen-bond acceptors (Lipinski definition) is 4. The zero-order valence-corrected chi connectivity index (χ0v) is 10.4. The fourth-order valence-electron chi connectivity index (χ4n) is 2.01. The van der Waals surface area contributed by atoms with E-state index < -0.39 is 0 Å². The molecule has 5 heteroatoms. The summed E-state index contributed by atoms with van der Waals surface area (Å²) in [5.74, 6) is 0. The third-order valence-electron chi connectivity index (χ3n) is 2.91. The molecule has 0 saturated heterocycles. The van der Waals surface area contributed by atoms with Gasteiger partial charge in [-0.2, -0.15) is 0 Å². The van der Waals surface area contributed by atoms with E-state index in [1.54, 1.807) is 10.9 Å². The van der Waals surface area contributed by atoms with Gasteiger partial charge in [-0.25, -0.2) is 4.68 Å². The Morgan fingerprint density at radius 2 is 2.16 bits per heavy atom. The van der Waals surface area contributed by atoms with Crippen LogP contribution in [0.25, 0.3) is 10.9 Å². The Bertz CT molecular complexity index is 748. The van der Waals surface area contributed by atoms with Gasteiger partial charge < -0.3 is 0 Å². The van der Waals surface area contributed by atoms with Crippen LogP contribution >= 0.6 is 0 Å². The summed E-state index contributed by atoms with van der Waals surface area (Å²) in [6.07, 6.45) is 2.32. The second kappa shape index (κ2) is 4.61. The summed E-state index contributed by atoms with van der Waals surface area (Å²) in [7, 11) is 0. The highest BCUT2D eigenvalue weighted by Gasteiger charge is 2.02. The first-order chi connectivity index (χ1) is 9.24. The van der Waals surface area contributed by atoms with Crippen molar-refractivity contribution in [1.82, 2.24) is 20.0 Å². The first-order valence-corrected chi connectivity index (χ1v) is 5.96. The zero-order valence-electron chi connectivity index (χ0n) is 10.4. The lowest BCUT2D eigenvalue weighted by Gasteiger charge is -2.04. The van der Waals surface area contributed by atoms with Gasteiger partial charge in [0.05, 0.1) is 18.3 Å². The number of pyridine rings is 1. The van der Waals surface area contributed by atoms with Crippen LogP contribution in [0, 0.1) is 6.92 Å². The molecular formula is C14H12N4O. The summed E-state index contributed by atoms with van der Waals surface area (Å²) in [6.45, 7) is 2.56. The van der Waals surface area contributed by atoms with Gasteiger partial charge in [-0.05, 0) is 30.7 Å². The minimum Gasteiger partial charge on any atom is -0.296 e. The molecule has 0 N–H and O–H groups in total. The van der Waals surface area contributed by atoms with Crippen LogP contribution in [0.3, 0.4) is 0 Å². The van der Waals surface area contributed by atoms with Crippen molar-refractivity contribution >= 4 is 17.2 Å². The van der Waals surface area contributed by atoms with Crippen LogP contribution < -0.4 is 0 Å². The molecule has 0 aliphatic rings. The normalized spacial score (nSPS) is 10.8. The predicted octanol–water partition coefficient (Wildman–Crippen LogP) is 2.00. The molecular weight excluding hydrogens is 240 g/mol. The quantitative estimate of drug-likeness (QED) is 0.669. The van der Waals surface area contributed by atoms with Gasteiger partial charge in [0.2, 0.25) is 0 Å². The van der Waals surface area contributed by atoms with Crippen LogP contribution in [0.2, 0.25) is 0 Å². The Balaban J connectivity index is 1.92. The Kier molecular flexibility index (Phi) is 2.79. The van der Waals surface area contributed by atoms with Gasteiger partial charge >= 0.3 is 0 Å². The molecule has 0 aliphatic heterocycles. The summed E-state index contributed by atoms with van der Waals surface area (Å²) in [4.78, 5) is 15.0.